The molecule has 1 heteroatoms. The van der Waals surface area contributed by atoms with Crippen molar-refractivity contribution < 1.29 is 0 Å². The zero-order chi connectivity index (χ0) is 4.69. The third-order valence-electron chi connectivity index (χ3n) is 2.00. The van der Waals surface area contributed by atoms with Crippen molar-refractivity contribution >= 4 is 8.58 Å². The van der Waals surface area contributed by atoms with Crippen LogP contribution in [0.15, 0.2) is 0 Å². The second-order valence-corrected chi connectivity index (χ2v) is 4.15. The average molecular weight is 113 g/mol. The number of rotatable bonds is 0. The van der Waals surface area contributed by atoms with Crippen LogP contribution >= 0.6 is 8.58 Å². The minimum atomic E-state index is 1.15. The molecule has 1 atom stereocenters. The molecular formula is C6H10P. The van der Waals surface area contributed by atoms with E-state index in [4.69, 9.17) is 0 Å². The van der Waals surface area contributed by atoms with E-state index in [1.54, 1.807) is 6.42 Å². The van der Waals surface area contributed by atoms with Crippen molar-refractivity contribution in [3.63, 3.8) is 0 Å². The molecule has 0 spiro atoms. The van der Waals surface area contributed by atoms with Gasteiger partial charge in [0.05, 0.1) is 0 Å². The van der Waals surface area contributed by atoms with Crippen molar-refractivity contribution in [3.05, 3.63) is 5.66 Å². The van der Waals surface area contributed by atoms with Gasteiger partial charge in [-0.2, -0.15) is 0 Å². The van der Waals surface area contributed by atoms with E-state index in [1.807, 2.05) is 5.66 Å². The van der Waals surface area contributed by atoms with Crippen LogP contribution in [0.25, 0.3) is 0 Å². The molecule has 1 saturated carbocycles. The normalized spacial score (nSPS) is 43.7. The molecule has 3 rings (SSSR count). The fraction of sp³-hybridized carbons (Fsp3) is 0.833. The second-order valence-electron chi connectivity index (χ2n) is 2.59. The Hall–Kier alpha value is 0.430. The van der Waals surface area contributed by atoms with E-state index >= 15 is 0 Å². The van der Waals surface area contributed by atoms with Gasteiger partial charge in [-0.05, 0) is 37.0 Å². The van der Waals surface area contributed by atoms with Crippen molar-refractivity contribution in [3.8, 4) is 0 Å². The predicted molar refractivity (Wildman–Crippen MR) is 33.8 cm³/mol. The van der Waals surface area contributed by atoms with Crippen LogP contribution in [0.2, 0.25) is 0 Å². The lowest BCUT2D eigenvalue weighted by Gasteiger charge is -2.40. The Morgan fingerprint density at radius 3 is 2.43 bits per heavy atom. The first-order chi connectivity index (χ1) is 3.45. The molecule has 1 aliphatic carbocycles. The maximum Gasteiger partial charge on any atom is -0.00232 e. The summed E-state index contributed by atoms with van der Waals surface area (Å²) in [6, 6.07) is 0. The number of hydrogen-bond donors (Lipinski definition) is 0. The summed E-state index contributed by atoms with van der Waals surface area (Å²) < 4.78 is 0. The lowest BCUT2D eigenvalue weighted by atomic mass is 9.82. The highest BCUT2D eigenvalue weighted by Gasteiger charge is 2.32. The topological polar surface area (TPSA) is 0 Å². The molecule has 0 aromatic carbocycles. The Kier molecular flexibility index (Phi) is 0.896. The van der Waals surface area contributed by atoms with Gasteiger partial charge < -0.3 is 0 Å². The smallest absolute Gasteiger partial charge is 0.00232 e. The lowest BCUT2D eigenvalue weighted by Crippen LogP contribution is -2.23. The summed E-state index contributed by atoms with van der Waals surface area (Å²) >= 11 is 0. The van der Waals surface area contributed by atoms with Gasteiger partial charge in [-0.3, -0.25) is 0 Å². The first kappa shape index (κ1) is 4.32. The molecule has 2 saturated heterocycles. The molecule has 2 aliphatic heterocycles. The van der Waals surface area contributed by atoms with Crippen molar-refractivity contribution in [2.24, 2.45) is 5.92 Å². The molecule has 7 heavy (non-hydrogen) atoms. The van der Waals surface area contributed by atoms with Crippen LogP contribution in [0.4, 0.5) is 0 Å². The summed E-state index contributed by atoms with van der Waals surface area (Å²) in [5, 5.41) is 0. The molecular weight excluding hydrogens is 103 g/mol. The van der Waals surface area contributed by atoms with Gasteiger partial charge in [0.1, 0.15) is 0 Å². The van der Waals surface area contributed by atoms with E-state index in [0.717, 1.165) is 5.92 Å². The van der Waals surface area contributed by atoms with Crippen LogP contribution in [-0.2, 0) is 0 Å². The fourth-order valence-corrected chi connectivity index (χ4v) is 3.21. The van der Waals surface area contributed by atoms with Crippen LogP contribution < -0.4 is 0 Å². The van der Waals surface area contributed by atoms with Gasteiger partial charge in [-0.25, -0.2) is 0 Å². The summed E-state index contributed by atoms with van der Waals surface area (Å²) in [4.78, 5) is 0. The Bertz CT molecular complexity index is 60.7. The van der Waals surface area contributed by atoms with Crippen LogP contribution in [0.5, 0.6) is 0 Å². The van der Waals surface area contributed by atoms with E-state index in [0.29, 0.717) is 0 Å². The van der Waals surface area contributed by atoms with Gasteiger partial charge in [-0.1, -0.05) is 0 Å². The number of fused-ring (bicyclic) bond motifs is 2. The maximum absolute atomic E-state index is 1.89. The zero-order valence-electron chi connectivity index (χ0n) is 4.41. The van der Waals surface area contributed by atoms with E-state index in [-0.39, 0.29) is 0 Å². The van der Waals surface area contributed by atoms with Gasteiger partial charge in [-0.15, -0.1) is 8.58 Å². The minimum absolute atomic E-state index is 1.15. The molecule has 0 aromatic rings. The van der Waals surface area contributed by atoms with Gasteiger partial charge in [0, 0.05) is 0 Å². The summed E-state index contributed by atoms with van der Waals surface area (Å²) in [7, 11) is 1.26. The molecule has 0 N–H and O–H groups in total. The van der Waals surface area contributed by atoms with E-state index in [2.05, 4.69) is 0 Å². The Balaban J connectivity index is 1.99. The molecule has 0 aromatic heterocycles. The van der Waals surface area contributed by atoms with E-state index < -0.39 is 0 Å². The first-order valence-electron chi connectivity index (χ1n) is 3.04. The highest BCUT2D eigenvalue weighted by molar-refractivity contribution is 7.42. The molecule has 2 bridgehead atoms. The van der Waals surface area contributed by atoms with Crippen molar-refractivity contribution in [1.82, 2.24) is 0 Å². The maximum atomic E-state index is 1.89. The second kappa shape index (κ2) is 1.45. The number of hydrogen-bond acceptors (Lipinski definition) is 0. The predicted octanol–water partition coefficient (Wildman–Crippen LogP) is 2.01. The molecule has 3 fully saturated rings. The minimum Gasteiger partial charge on any atom is -0.115 e. The van der Waals surface area contributed by atoms with Gasteiger partial charge in [0.15, 0.2) is 0 Å². The Morgan fingerprint density at radius 1 is 1.43 bits per heavy atom. The fourth-order valence-electron chi connectivity index (χ4n) is 1.44. The van der Waals surface area contributed by atoms with Gasteiger partial charge in [0.25, 0.3) is 0 Å². The largest absolute Gasteiger partial charge is 0.115 e. The van der Waals surface area contributed by atoms with Crippen molar-refractivity contribution in [2.75, 3.05) is 6.16 Å². The standard InChI is InChI=1S/C6H10P/c1-2-7-6-3-5(1)4-6/h5,7H,1-4H2. The summed E-state index contributed by atoms with van der Waals surface area (Å²) in [5.74, 6) is 1.15. The Labute approximate surface area is 46.5 Å². The van der Waals surface area contributed by atoms with Crippen molar-refractivity contribution in [2.45, 2.75) is 19.3 Å². The quantitative estimate of drug-likeness (QED) is 0.421. The monoisotopic (exact) mass is 113 g/mol. The summed E-state index contributed by atoms with van der Waals surface area (Å²) in [6.45, 7) is 0. The lowest BCUT2D eigenvalue weighted by molar-refractivity contribution is 0.368. The first-order valence-corrected chi connectivity index (χ1v) is 4.24. The van der Waals surface area contributed by atoms with Crippen LogP contribution in [0, 0.1) is 11.6 Å². The van der Waals surface area contributed by atoms with E-state index in [9.17, 15) is 0 Å². The third kappa shape index (κ3) is 0.606. The van der Waals surface area contributed by atoms with Crippen LogP contribution in [0.3, 0.4) is 0 Å². The van der Waals surface area contributed by atoms with Crippen LogP contribution in [0.1, 0.15) is 19.3 Å². The third-order valence-corrected chi connectivity index (χ3v) is 3.44. The molecule has 1 radical (unpaired) electrons. The summed E-state index contributed by atoms with van der Waals surface area (Å²) in [5.41, 5.74) is 1.89. The Morgan fingerprint density at radius 2 is 2.29 bits per heavy atom. The molecule has 1 unspecified atom stereocenters. The van der Waals surface area contributed by atoms with Crippen molar-refractivity contribution in [1.29, 1.82) is 0 Å². The molecule has 0 nitrogen and oxygen atoms in total. The van der Waals surface area contributed by atoms with Crippen LogP contribution in [-0.4, -0.2) is 6.16 Å². The van der Waals surface area contributed by atoms with E-state index in [1.165, 1.54) is 27.6 Å². The SMILES string of the molecule is C1CC2C[C](C2)P1. The molecule has 2 heterocycles. The summed E-state index contributed by atoms with van der Waals surface area (Å²) in [6.07, 6.45) is 6.10. The highest BCUT2D eigenvalue weighted by atomic mass is 31.1. The van der Waals surface area contributed by atoms with Gasteiger partial charge in [0.2, 0.25) is 0 Å². The molecule has 3 aliphatic rings. The van der Waals surface area contributed by atoms with Gasteiger partial charge >= 0.3 is 0 Å². The highest BCUT2D eigenvalue weighted by Crippen LogP contribution is 2.54. The molecule has 39 valence electrons. The zero-order valence-corrected chi connectivity index (χ0v) is 5.41. The average Bonchev–Trinajstić information content (AvgIpc) is 1.67. The molecule has 0 amide bonds.